The van der Waals surface area contributed by atoms with Crippen molar-refractivity contribution in [3.05, 3.63) is 58.1 Å². The molecule has 1 heterocycles. The Labute approximate surface area is 142 Å². The number of amides is 2. The summed E-state index contributed by atoms with van der Waals surface area (Å²) in [6, 6.07) is 12.2. The number of anilines is 1. The van der Waals surface area contributed by atoms with Gasteiger partial charge in [0.15, 0.2) is 0 Å². The Kier molecular flexibility index (Phi) is 4.34. The SMILES string of the molecule is CN1CCOc2ccc(NC(=O)c3ccc(Br)cc3)cc2C1=O. The molecule has 0 spiro atoms. The summed E-state index contributed by atoms with van der Waals surface area (Å²) >= 11 is 3.33. The second-order valence-electron chi connectivity index (χ2n) is 5.25. The lowest BCUT2D eigenvalue weighted by Gasteiger charge is -2.13. The Bertz CT molecular complexity index is 759. The van der Waals surface area contributed by atoms with Crippen molar-refractivity contribution in [3.8, 4) is 5.75 Å². The van der Waals surface area contributed by atoms with Crippen LogP contribution in [0.5, 0.6) is 5.75 Å². The maximum atomic E-state index is 12.3. The van der Waals surface area contributed by atoms with Gasteiger partial charge in [-0.3, -0.25) is 9.59 Å². The topological polar surface area (TPSA) is 58.6 Å². The van der Waals surface area contributed by atoms with Gasteiger partial charge < -0.3 is 15.0 Å². The van der Waals surface area contributed by atoms with Crippen LogP contribution in [0.15, 0.2) is 46.9 Å². The molecular formula is C17H15BrN2O3. The molecule has 0 saturated heterocycles. The molecule has 3 rings (SSSR count). The van der Waals surface area contributed by atoms with Crippen molar-refractivity contribution in [2.75, 3.05) is 25.5 Å². The third kappa shape index (κ3) is 3.37. The van der Waals surface area contributed by atoms with Crippen LogP contribution < -0.4 is 10.1 Å². The fraction of sp³-hybridized carbons (Fsp3) is 0.176. The number of hydrogen-bond acceptors (Lipinski definition) is 3. The molecule has 0 aliphatic carbocycles. The van der Waals surface area contributed by atoms with E-state index in [1.165, 1.54) is 0 Å². The predicted octanol–water partition coefficient (Wildman–Crippen LogP) is 3.17. The number of likely N-dealkylation sites (N-methyl/N-ethyl adjacent to an activating group) is 1. The highest BCUT2D eigenvalue weighted by atomic mass is 79.9. The number of nitrogens with one attached hydrogen (secondary N) is 1. The molecule has 0 bridgehead atoms. The minimum atomic E-state index is -0.229. The smallest absolute Gasteiger partial charge is 0.257 e. The molecule has 0 aromatic heterocycles. The predicted molar refractivity (Wildman–Crippen MR) is 91.0 cm³/mol. The molecule has 0 unspecified atom stereocenters. The molecular weight excluding hydrogens is 360 g/mol. The molecule has 5 nitrogen and oxygen atoms in total. The fourth-order valence-corrected chi connectivity index (χ4v) is 2.57. The molecule has 23 heavy (non-hydrogen) atoms. The molecule has 0 fully saturated rings. The van der Waals surface area contributed by atoms with E-state index in [1.54, 1.807) is 54.4 Å². The maximum absolute atomic E-state index is 12.3. The third-order valence-corrected chi connectivity index (χ3v) is 4.13. The monoisotopic (exact) mass is 374 g/mol. The maximum Gasteiger partial charge on any atom is 0.257 e. The van der Waals surface area contributed by atoms with Crippen LogP contribution in [-0.2, 0) is 0 Å². The average molecular weight is 375 g/mol. The number of benzene rings is 2. The van der Waals surface area contributed by atoms with E-state index in [9.17, 15) is 9.59 Å². The van der Waals surface area contributed by atoms with Crippen molar-refractivity contribution in [1.82, 2.24) is 4.90 Å². The standard InChI is InChI=1S/C17H15BrN2O3/c1-20-8-9-23-15-7-6-13(10-14(15)17(20)22)19-16(21)11-2-4-12(18)5-3-11/h2-7,10H,8-9H2,1H3,(H,19,21). The lowest BCUT2D eigenvalue weighted by Crippen LogP contribution is -2.27. The highest BCUT2D eigenvalue weighted by Crippen LogP contribution is 2.26. The van der Waals surface area contributed by atoms with E-state index in [0.717, 1.165) is 4.47 Å². The highest BCUT2D eigenvalue weighted by Gasteiger charge is 2.21. The summed E-state index contributed by atoms with van der Waals surface area (Å²) in [5, 5.41) is 2.80. The van der Waals surface area contributed by atoms with E-state index in [4.69, 9.17) is 4.74 Å². The summed E-state index contributed by atoms with van der Waals surface area (Å²) in [5.41, 5.74) is 1.56. The molecule has 1 aliphatic rings. The molecule has 2 aromatic carbocycles. The van der Waals surface area contributed by atoms with Crippen LogP contribution in [0.3, 0.4) is 0 Å². The molecule has 0 radical (unpaired) electrons. The van der Waals surface area contributed by atoms with Gasteiger partial charge >= 0.3 is 0 Å². The van der Waals surface area contributed by atoms with Gasteiger partial charge in [-0.2, -0.15) is 0 Å². The van der Waals surface area contributed by atoms with Crippen LogP contribution in [0.1, 0.15) is 20.7 Å². The van der Waals surface area contributed by atoms with Crippen molar-refractivity contribution < 1.29 is 14.3 Å². The Balaban J connectivity index is 1.84. The van der Waals surface area contributed by atoms with Gasteiger partial charge in [-0.1, -0.05) is 15.9 Å². The van der Waals surface area contributed by atoms with E-state index in [2.05, 4.69) is 21.2 Å². The normalized spacial score (nSPS) is 13.8. The number of nitrogens with zero attached hydrogens (tertiary/aromatic N) is 1. The highest BCUT2D eigenvalue weighted by molar-refractivity contribution is 9.10. The molecule has 1 aliphatic heterocycles. The summed E-state index contributed by atoms with van der Waals surface area (Å²) in [5.74, 6) is 0.200. The van der Waals surface area contributed by atoms with Crippen LogP contribution in [0.25, 0.3) is 0 Å². The van der Waals surface area contributed by atoms with Crippen molar-refractivity contribution in [3.63, 3.8) is 0 Å². The molecule has 2 aromatic rings. The van der Waals surface area contributed by atoms with E-state index in [1.807, 2.05) is 0 Å². The second kappa shape index (κ2) is 6.42. The molecule has 0 atom stereocenters. The number of ether oxygens (including phenoxy) is 1. The zero-order valence-electron chi connectivity index (χ0n) is 12.5. The summed E-state index contributed by atoms with van der Waals surface area (Å²) in [6.07, 6.45) is 0. The number of rotatable bonds is 2. The first-order valence-corrected chi connectivity index (χ1v) is 7.93. The van der Waals surface area contributed by atoms with Crippen molar-refractivity contribution in [2.24, 2.45) is 0 Å². The Morgan fingerprint density at radius 3 is 2.70 bits per heavy atom. The van der Waals surface area contributed by atoms with Gasteiger partial charge in [-0.15, -0.1) is 0 Å². The van der Waals surface area contributed by atoms with Crippen molar-refractivity contribution in [2.45, 2.75) is 0 Å². The van der Waals surface area contributed by atoms with E-state index in [0.29, 0.717) is 35.7 Å². The lowest BCUT2D eigenvalue weighted by atomic mass is 10.1. The number of fused-ring (bicyclic) bond motifs is 1. The summed E-state index contributed by atoms with van der Waals surface area (Å²) < 4.78 is 6.47. The van der Waals surface area contributed by atoms with Crippen LogP contribution in [0.4, 0.5) is 5.69 Å². The quantitative estimate of drug-likeness (QED) is 0.877. The minimum absolute atomic E-state index is 0.114. The van der Waals surface area contributed by atoms with Gasteiger partial charge in [-0.05, 0) is 42.5 Å². The largest absolute Gasteiger partial charge is 0.491 e. The van der Waals surface area contributed by atoms with Crippen LogP contribution in [-0.4, -0.2) is 36.9 Å². The molecule has 0 saturated carbocycles. The second-order valence-corrected chi connectivity index (χ2v) is 6.16. The Hall–Kier alpha value is -2.34. The molecule has 2 amide bonds. The lowest BCUT2D eigenvalue weighted by molar-refractivity contribution is 0.0796. The van der Waals surface area contributed by atoms with E-state index < -0.39 is 0 Å². The van der Waals surface area contributed by atoms with Crippen LogP contribution in [0, 0.1) is 0 Å². The van der Waals surface area contributed by atoms with Crippen LogP contribution in [0.2, 0.25) is 0 Å². The van der Waals surface area contributed by atoms with E-state index >= 15 is 0 Å². The number of hydrogen-bond donors (Lipinski definition) is 1. The van der Waals surface area contributed by atoms with Gasteiger partial charge in [0.05, 0.1) is 12.1 Å². The van der Waals surface area contributed by atoms with Gasteiger partial charge in [-0.25, -0.2) is 0 Å². The number of carbonyl (C=O) groups is 2. The summed E-state index contributed by atoms with van der Waals surface area (Å²) in [7, 11) is 1.73. The van der Waals surface area contributed by atoms with Crippen molar-refractivity contribution >= 4 is 33.4 Å². The Morgan fingerprint density at radius 1 is 1.22 bits per heavy atom. The van der Waals surface area contributed by atoms with Gasteiger partial charge in [0.2, 0.25) is 0 Å². The molecule has 1 N–H and O–H groups in total. The first-order valence-electron chi connectivity index (χ1n) is 7.14. The van der Waals surface area contributed by atoms with Gasteiger partial charge in [0, 0.05) is 22.8 Å². The van der Waals surface area contributed by atoms with Crippen molar-refractivity contribution in [1.29, 1.82) is 0 Å². The first kappa shape index (κ1) is 15.6. The minimum Gasteiger partial charge on any atom is -0.491 e. The summed E-state index contributed by atoms with van der Waals surface area (Å²) in [4.78, 5) is 26.2. The Morgan fingerprint density at radius 2 is 1.96 bits per heavy atom. The summed E-state index contributed by atoms with van der Waals surface area (Å²) in [6.45, 7) is 0.994. The molecule has 6 heteroatoms. The number of halogens is 1. The molecule has 118 valence electrons. The number of carbonyl (C=O) groups excluding carboxylic acids is 2. The zero-order valence-corrected chi connectivity index (χ0v) is 14.1. The van der Waals surface area contributed by atoms with Gasteiger partial charge in [0.1, 0.15) is 12.4 Å². The average Bonchev–Trinajstić information content (AvgIpc) is 2.68. The van der Waals surface area contributed by atoms with Crippen LogP contribution >= 0.6 is 15.9 Å². The fourth-order valence-electron chi connectivity index (χ4n) is 2.30. The van der Waals surface area contributed by atoms with Gasteiger partial charge in [0.25, 0.3) is 11.8 Å². The first-order chi connectivity index (χ1) is 11.0. The van der Waals surface area contributed by atoms with E-state index in [-0.39, 0.29) is 11.8 Å². The zero-order chi connectivity index (χ0) is 16.4. The third-order valence-electron chi connectivity index (χ3n) is 3.61.